The molecular weight excluding hydrogens is 504 g/mol. The van der Waals surface area contributed by atoms with E-state index in [0.717, 1.165) is 26.2 Å². The summed E-state index contributed by atoms with van der Waals surface area (Å²) in [5.74, 6) is 0.538. The molecule has 2 heterocycles. The number of hydrogen-bond acceptors (Lipinski definition) is 5. The fraction of sp³-hybridized carbons (Fsp3) is 0.212. The highest BCUT2D eigenvalue weighted by atomic mass is 32.1. The number of aliphatic hydroxyl groups excluding tert-OH is 1. The van der Waals surface area contributed by atoms with Crippen molar-refractivity contribution in [3.8, 4) is 0 Å². The van der Waals surface area contributed by atoms with Gasteiger partial charge in [-0.15, -0.1) is 4.57 Å². The lowest BCUT2D eigenvalue weighted by atomic mass is 9.96. The number of ether oxygens (including phenoxy) is 1. The molecule has 1 N–H and O–H groups in total. The number of carbonyl (C=O) groups excluding carboxylic acids is 1. The summed E-state index contributed by atoms with van der Waals surface area (Å²) in [6.07, 6.45) is 7.96. The van der Waals surface area contributed by atoms with E-state index in [1.54, 1.807) is 11.3 Å². The van der Waals surface area contributed by atoms with Gasteiger partial charge in [0.15, 0.2) is 0 Å². The van der Waals surface area contributed by atoms with E-state index >= 15 is 0 Å². The second kappa shape index (κ2) is 9.95. The average Bonchev–Trinajstić information content (AvgIpc) is 3.67. The number of nitrogens with zero attached hydrogens (tertiary/aromatic N) is 2. The van der Waals surface area contributed by atoms with Crippen LogP contribution in [0.4, 0.5) is 11.4 Å². The largest absolute Gasteiger partial charge is 0.407 e. The zero-order valence-electron chi connectivity index (χ0n) is 21.5. The number of carbonyl (C=O) groups is 1. The molecule has 0 radical (unpaired) electrons. The van der Waals surface area contributed by atoms with Crippen molar-refractivity contribution < 1.29 is 19.2 Å². The van der Waals surface area contributed by atoms with Gasteiger partial charge in [-0.05, 0) is 82.8 Å². The molecule has 0 saturated heterocycles. The summed E-state index contributed by atoms with van der Waals surface area (Å²) in [7, 11) is 0. The maximum atomic E-state index is 10.9. The van der Waals surface area contributed by atoms with E-state index in [0.29, 0.717) is 18.4 Å². The lowest BCUT2D eigenvalue weighted by molar-refractivity contribution is -0.700. The third-order valence-electron chi connectivity index (χ3n) is 8.20. The minimum atomic E-state index is 0.0627. The van der Waals surface area contributed by atoms with Gasteiger partial charge in [0, 0.05) is 35.5 Å². The molecule has 6 heteroatoms. The number of benzene rings is 4. The Kier molecular flexibility index (Phi) is 6.14. The third-order valence-corrected chi connectivity index (χ3v) is 9.33. The summed E-state index contributed by atoms with van der Waals surface area (Å²) in [4.78, 5) is 13.4. The Labute approximate surface area is 231 Å². The molecule has 2 aliphatic rings. The van der Waals surface area contributed by atoms with Crippen LogP contribution < -0.4 is 9.47 Å². The predicted octanol–water partition coefficient (Wildman–Crippen LogP) is 6.92. The van der Waals surface area contributed by atoms with Gasteiger partial charge >= 0.3 is 0 Å². The third kappa shape index (κ3) is 4.20. The summed E-state index contributed by atoms with van der Waals surface area (Å²) in [5, 5.41) is 12.9. The van der Waals surface area contributed by atoms with Crippen LogP contribution >= 0.6 is 11.3 Å². The number of para-hydroxylation sites is 1. The standard InChI is InChI=1S/C33H29N2O3S/c36-19-23-8-11-25-18-26(13-12-24(25)16-23)35-29-6-3-4-27(29)28-17-22(9-14-30(28)35)10-15-33-34(20-38-21-37)31-5-1-2-7-32(31)39-33/h1-2,5,7-18,21,27,29,36H,3-4,6,19-20H2/q+1. The van der Waals surface area contributed by atoms with Gasteiger partial charge in [0.05, 0.1) is 6.61 Å². The summed E-state index contributed by atoms with van der Waals surface area (Å²) < 4.78 is 8.32. The molecule has 39 heavy (non-hydrogen) atoms. The van der Waals surface area contributed by atoms with Crippen LogP contribution in [0.1, 0.15) is 46.9 Å². The Balaban J connectivity index is 1.23. The van der Waals surface area contributed by atoms with Gasteiger partial charge < -0.3 is 14.7 Å². The lowest BCUT2D eigenvalue weighted by Crippen LogP contribution is -2.36. The molecule has 2 atom stereocenters. The topological polar surface area (TPSA) is 53.7 Å². The van der Waals surface area contributed by atoms with Crippen LogP contribution in [0.15, 0.2) is 78.9 Å². The van der Waals surface area contributed by atoms with E-state index in [2.05, 4.69) is 77.7 Å². The van der Waals surface area contributed by atoms with Crippen LogP contribution in [-0.4, -0.2) is 17.6 Å². The van der Waals surface area contributed by atoms with Crippen molar-refractivity contribution >= 4 is 62.3 Å². The number of fused-ring (bicyclic) bond motifs is 5. The first kappa shape index (κ1) is 24.1. The SMILES string of the molecule is O=COC[n+]1c(/C=C/c2ccc3c(c2)C2CCCC2N3c2ccc3cc(CO)ccc3c2)sc2ccccc21. The Hall–Kier alpha value is -4.00. The molecule has 2 unspecified atom stereocenters. The summed E-state index contributed by atoms with van der Waals surface area (Å²) in [6, 6.07) is 28.4. The first-order chi connectivity index (χ1) is 19.2. The van der Waals surface area contributed by atoms with Gasteiger partial charge in [0.1, 0.15) is 4.70 Å². The second-order valence-electron chi connectivity index (χ2n) is 10.4. The molecule has 0 amide bonds. The van der Waals surface area contributed by atoms with Gasteiger partial charge in [0.2, 0.25) is 5.52 Å². The van der Waals surface area contributed by atoms with Crippen molar-refractivity contribution in [2.45, 2.75) is 44.6 Å². The van der Waals surface area contributed by atoms with Crippen molar-refractivity contribution in [1.82, 2.24) is 0 Å². The van der Waals surface area contributed by atoms with Crippen molar-refractivity contribution in [3.05, 3.63) is 101 Å². The minimum Gasteiger partial charge on any atom is -0.407 e. The van der Waals surface area contributed by atoms with E-state index in [9.17, 15) is 9.90 Å². The highest BCUT2D eigenvalue weighted by Crippen LogP contribution is 2.52. The molecule has 1 aromatic heterocycles. The van der Waals surface area contributed by atoms with Gasteiger partial charge in [-0.3, -0.25) is 4.79 Å². The van der Waals surface area contributed by atoms with Crippen molar-refractivity contribution in [3.63, 3.8) is 0 Å². The first-order valence-electron chi connectivity index (χ1n) is 13.4. The molecule has 1 saturated carbocycles. The highest BCUT2D eigenvalue weighted by Gasteiger charge is 2.42. The lowest BCUT2D eigenvalue weighted by Gasteiger charge is -2.27. The van der Waals surface area contributed by atoms with E-state index in [1.807, 2.05) is 22.8 Å². The first-order valence-corrected chi connectivity index (χ1v) is 14.3. The maximum absolute atomic E-state index is 10.9. The van der Waals surface area contributed by atoms with Crippen molar-refractivity contribution in [2.75, 3.05) is 4.90 Å². The Morgan fingerprint density at radius 2 is 1.85 bits per heavy atom. The summed E-state index contributed by atoms with van der Waals surface area (Å²) >= 11 is 1.69. The molecule has 5 aromatic rings. The van der Waals surface area contributed by atoms with Gasteiger partial charge in [-0.2, -0.15) is 0 Å². The molecule has 7 rings (SSSR count). The molecule has 0 spiro atoms. The van der Waals surface area contributed by atoms with Crippen LogP contribution in [0, 0.1) is 0 Å². The zero-order chi connectivity index (χ0) is 26.3. The number of rotatable bonds is 7. The van der Waals surface area contributed by atoms with Gasteiger partial charge in [-0.25, -0.2) is 0 Å². The van der Waals surface area contributed by atoms with E-state index in [4.69, 9.17) is 4.74 Å². The molecule has 0 bridgehead atoms. The molecule has 5 nitrogen and oxygen atoms in total. The van der Waals surface area contributed by atoms with E-state index in [-0.39, 0.29) is 13.3 Å². The highest BCUT2D eigenvalue weighted by molar-refractivity contribution is 7.18. The van der Waals surface area contributed by atoms with Crippen LogP contribution in [0.5, 0.6) is 0 Å². The number of thiazole rings is 1. The van der Waals surface area contributed by atoms with Crippen molar-refractivity contribution in [2.24, 2.45) is 0 Å². The van der Waals surface area contributed by atoms with Crippen LogP contribution in [0.3, 0.4) is 0 Å². The molecule has 1 aliphatic heterocycles. The Bertz CT molecular complexity index is 1740. The fourth-order valence-corrected chi connectivity index (χ4v) is 7.48. The molecule has 1 fully saturated rings. The van der Waals surface area contributed by atoms with Crippen molar-refractivity contribution in [1.29, 1.82) is 0 Å². The summed E-state index contributed by atoms with van der Waals surface area (Å²) in [6.45, 7) is 0.759. The quantitative estimate of drug-likeness (QED) is 0.182. The average molecular weight is 534 g/mol. The normalized spacial score (nSPS) is 18.2. The molecule has 1 aliphatic carbocycles. The zero-order valence-corrected chi connectivity index (χ0v) is 22.3. The predicted molar refractivity (Wildman–Crippen MR) is 157 cm³/mol. The number of aromatic nitrogens is 1. The van der Waals surface area contributed by atoms with Crippen LogP contribution in [0.2, 0.25) is 0 Å². The Morgan fingerprint density at radius 1 is 0.974 bits per heavy atom. The monoisotopic (exact) mass is 533 g/mol. The van der Waals surface area contributed by atoms with Crippen LogP contribution in [0.25, 0.3) is 33.1 Å². The molecule has 194 valence electrons. The number of hydrogen-bond donors (Lipinski definition) is 1. The fourth-order valence-electron chi connectivity index (χ4n) is 6.43. The second-order valence-corrected chi connectivity index (χ2v) is 11.4. The van der Waals surface area contributed by atoms with E-state index in [1.165, 1.54) is 47.2 Å². The maximum Gasteiger partial charge on any atom is 0.297 e. The molecular formula is C33H29N2O3S+. The van der Waals surface area contributed by atoms with Crippen LogP contribution in [-0.2, 0) is 22.9 Å². The minimum absolute atomic E-state index is 0.0627. The van der Waals surface area contributed by atoms with E-state index < -0.39 is 0 Å². The smallest absolute Gasteiger partial charge is 0.297 e. The van der Waals surface area contributed by atoms with Gasteiger partial charge in [-0.1, -0.05) is 54.2 Å². The number of aliphatic hydroxyl groups is 1. The summed E-state index contributed by atoms with van der Waals surface area (Å²) in [5.41, 5.74) is 7.16. The molecule has 4 aromatic carbocycles. The number of anilines is 2. The van der Waals surface area contributed by atoms with Gasteiger partial charge in [0.25, 0.3) is 18.2 Å². The Morgan fingerprint density at radius 3 is 2.74 bits per heavy atom.